The second-order valence-electron chi connectivity index (χ2n) is 9.45. The minimum Gasteiger partial charge on any atom is -0.489 e. The van der Waals surface area contributed by atoms with E-state index in [1.165, 1.54) is 25.1 Å². The fraction of sp³-hybridized carbons (Fsp3) is 0.308. The average molecular weight is 606 g/mol. The average Bonchev–Trinajstić information content (AvgIpc) is 3.40. The van der Waals surface area contributed by atoms with Crippen molar-refractivity contribution in [2.45, 2.75) is 38.5 Å². The number of hydrogen-bond acceptors (Lipinski definition) is 10. The zero-order chi connectivity index (χ0) is 30.7. The number of hydrogen-bond donors (Lipinski definition) is 3. The summed E-state index contributed by atoms with van der Waals surface area (Å²) >= 11 is 0. The largest absolute Gasteiger partial charge is 0.489 e. The standard InChI is InChI=1S/C26H23F4N7O6/c1-11(41-26(31)39)21-20(23(38)32-19(22-34-36-37-35-22)15-6-5-14(27)9-16(15)28)33-24(43-21)13-4-7-17(42-25(29)30)18(8-13)40-10-12-2-3-12/h4-9,11-12,19,25H,2-3,10H2,1H3,(H2,31,39)(H,32,38)(H,34,35,36,37)/t11-,19?/m0/s1. The Hall–Kier alpha value is -5.22. The van der Waals surface area contributed by atoms with Crippen molar-refractivity contribution in [1.29, 1.82) is 0 Å². The lowest BCUT2D eigenvalue weighted by molar-refractivity contribution is -0.0515. The summed E-state index contributed by atoms with van der Waals surface area (Å²) in [5, 5.41) is 15.7. The lowest BCUT2D eigenvalue weighted by Crippen LogP contribution is -2.32. The summed E-state index contributed by atoms with van der Waals surface area (Å²) in [6.07, 6.45) is -0.537. The normalized spacial score (nSPS) is 14.3. The third-order valence-corrected chi connectivity index (χ3v) is 6.28. The fourth-order valence-corrected chi connectivity index (χ4v) is 4.07. The number of H-pyrrole nitrogens is 1. The van der Waals surface area contributed by atoms with Gasteiger partial charge in [0.1, 0.15) is 17.7 Å². The molecule has 1 unspecified atom stereocenters. The van der Waals surface area contributed by atoms with Crippen LogP contribution in [0.15, 0.2) is 40.8 Å². The maximum absolute atomic E-state index is 14.7. The molecule has 4 N–H and O–H groups in total. The van der Waals surface area contributed by atoms with Gasteiger partial charge in [0, 0.05) is 17.2 Å². The van der Waals surface area contributed by atoms with Gasteiger partial charge in [-0.25, -0.2) is 18.6 Å². The van der Waals surface area contributed by atoms with E-state index in [4.69, 9.17) is 19.6 Å². The van der Waals surface area contributed by atoms with Gasteiger partial charge in [0.15, 0.2) is 29.1 Å². The molecule has 2 aromatic carbocycles. The first-order valence-corrected chi connectivity index (χ1v) is 12.8. The quantitative estimate of drug-likeness (QED) is 0.198. The third kappa shape index (κ3) is 6.99. The molecule has 13 nitrogen and oxygen atoms in total. The Balaban J connectivity index is 1.51. The Kier molecular flexibility index (Phi) is 8.40. The zero-order valence-electron chi connectivity index (χ0n) is 22.2. The highest BCUT2D eigenvalue weighted by molar-refractivity contribution is 5.94. The zero-order valence-corrected chi connectivity index (χ0v) is 22.2. The van der Waals surface area contributed by atoms with E-state index >= 15 is 0 Å². The number of aromatic nitrogens is 5. The van der Waals surface area contributed by atoms with Gasteiger partial charge in [0.05, 0.1) is 6.61 Å². The van der Waals surface area contributed by atoms with E-state index in [0.717, 1.165) is 25.0 Å². The number of halogens is 4. The highest BCUT2D eigenvalue weighted by Crippen LogP contribution is 2.37. The van der Waals surface area contributed by atoms with E-state index < -0.39 is 48.1 Å². The Morgan fingerprint density at radius 3 is 2.60 bits per heavy atom. The Labute approximate surface area is 239 Å². The molecular weight excluding hydrogens is 582 g/mol. The molecule has 2 heterocycles. The molecule has 0 aliphatic heterocycles. The maximum atomic E-state index is 14.7. The second kappa shape index (κ2) is 12.3. The molecule has 226 valence electrons. The van der Waals surface area contributed by atoms with Crippen molar-refractivity contribution in [3.05, 3.63) is 70.9 Å². The van der Waals surface area contributed by atoms with Crippen molar-refractivity contribution < 1.29 is 45.8 Å². The van der Waals surface area contributed by atoms with Gasteiger partial charge < -0.3 is 29.7 Å². The number of carbonyl (C=O) groups excluding carboxylic acids is 2. The van der Waals surface area contributed by atoms with Crippen LogP contribution in [0.4, 0.5) is 22.4 Å². The smallest absolute Gasteiger partial charge is 0.405 e. The number of nitrogens with two attached hydrogens (primary N) is 1. The van der Waals surface area contributed by atoms with Gasteiger partial charge in [-0.05, 0) is 49.9 Å². The molecule has 1 aliphatic rings. The molecule has 1 fully saturated rings. The molecule has 1 saturated carbocycles. The van der Waals surface area contributed by atoms with Crippen LogP contribution in [0.2, 0.25) is 0 Å². The van der Waals surface area contributed by atoms with Crippen molar-refractivity contribution in [1.82, 2.24) is 30.9 Å². The maximum Gasteiger partial charge on any atom is 0.405 e. The summed E-state index contributed by atoms with van der Waals surface area (Å²) in [4.78, 5) is 29.3. The van der Waals surface area contributed by atoms with Crippen molar-refractivity contribution in [2.75, 3.05) is 6.61 Å². The van der Waals surface area contributed by atoms with Gasteiger partial charge in [-0.1, -0.05) is 11.3 Å². The lowest BCUT2D eigenvalue weighted by Gasteiger charge is -2.17. The predicted octanol–water partition coefficient (Wildman–Crippen LogP) is 4.20. The van der Waals surface area contributed by atoms with Gasteiger partial charge in [-0.3, -0.25) is 4.79 Å². The van der Waals surface area contributed by atoms with Crippen molar-refractivity contribution in [2.24, 2.45) is 11.7 Å². The molecule has 0 bridgehead atoms. The number of nitrogens with one attached hydrogen (secondary N) is 2. The number of benzene rings is 2. The number of aromatic amines is 1. The van der Waals surface area contributed by atoms with Gasteiger partial charge in [0.2, 0.25) is 11.7 Å². The number of primary amides is 1. The van der Waals surface area contributed by atoms with Crippen LogP contribution in [0.25, 0.3) is 11.5 Å². The van der Waals surface area contributed by atoms with Crippen LogP contribution in [0.5, 0.6) is 11.5 Å². The molecular formula is C26H23F4N7O6. The third-order valence-electron chi connectivity index (χ3n) is 6.28. The monoisotopic (exact) mass is 605 g/mol. The van der Waals surface area contributed by atoms with Crippen LogP contribution in [-0.4, -0.2) is 50.8 Å². The first kappa shape index (κ1) is 29.3. The van der Waals surface area contributed by atoms with Crippen LogP contribution < -0.4 is 20.5 Å². The number of tetrazole rings is 1. The number of carbonyl (C=O) groups is 2. The van der Waals surface area contributed by atoms with Crippen LogP contribution in [0, 0.1) is 17.6 Å². The van der Waals surface area contributed by atoms with Crippen LogP contribution in [-0.2, 0) is 4.74 Å². The molecule has 0 radical (unpaired) electrons. The molecule has 5 rings (SSSR count). The highest BCUT2D eigenvalue weighted by Gasteiger charge is 2.32. The van der Waals surface area contributed by atoms with Gasteiger partial charge in [0.25, 0.3) is 5.91 Å². The molecule has 2 amide bonds. The number of rotatable bonds is 12. The van der Waals surface area contributed by atoms with Gasteiger partial charge in [-0.15, -0.1) is 10.2 Å². The molecule has 17 heteroatoms. The van der Waals surface area contributed by atoms with E-state index in [1.807, 2.05) is 0 Å². The number of oxazole rings is 1. The minimum absolute atomic E-state index is 0.0131. The van der Waals surface area contributed by atoms with Crippen LogP contribution in [0.1, 0.15) is 59.5 Å². The fourth-order valence-electron chi connectivity index (χ4n) is 4.07. The molecule has 0 saturated heterocycles. The summed E-state index contributed by atoms with van der Waals surface area (Å²) < 4.78 is 75.3. The van der Waals surface area contributed by atoms with E-state index in [-0.39, 0.29) is 52.6 Å². The van der Waals surface area contributed by atoms with Crippen molar-refractivity contribution >= 4 is 12.0 Å². The van der Waals surface area contributed by atoms with E-state index in [9.17, 15) is 27.2 Å². The molecule has 2 aromatic heterocycles. The second-order valence-corrected chi connectivity index (χ2v) is 9.45. The number of ether oxygens (including phenoxy) is 3. The molecule has 4 aromatic rings. The Morgan fingerprint density at radius 1 is 1.16 bits per heavy atom. The molecule has 43 heavy (non-hydrogen) atoms. The molecule has 2 atom stereocenters. The molecule has 0 spiro atoms. The van der Waals surface area contributed by atoms with E-state index in [2.05, 4.69) is 35.7 Å². The summed E-state index contributed by atoms with van der Waals surface area (Å²) in [6, 6.07) is 5.21. The topological polar surface area (TPSA) is 180 Å². The number of alkyl halides is 2. The molecule has 1 aliphatic carbocycles. The van der Waals surface area contributed by atoms with Gasteiger partial charge >= 0.3 is 12.7 Å². The Bertz CT molecular complexity index is 1610. The van der Waals surface area contributed by atoms with Crippen LogP contribution >= 0.6 is 0 Å². The highest BCUT2D eigenvalue weighted by atomic mass is 19.3. The predicted molar refractivity (Wildman–Crippen MR) is 136 cm³/mol. The summed E-state index contributed by atoms with van der Waals surface area (Å²) in [6.45, 7) is -1.48. The lowest BCUT2D eigenvalue weighted by atomic mass is 10.0. The Morgan fingerprint density at radius 2 is 1.95 bits per heavy atom. The first-order chi connectivity index (χ1) is 20.6. The SMILES string of the molecule is C[C@H](OC(N)=O)c1oc(-c2ccc(OC(F)F)c(OCC3CC3)c2)nc1C(=O)NC(c1nn[nH]n1)c1ccc(F)cc1F. The van der Waals surface area contributed by atoms with Crippen LogP contribution in [0.3, 0.4) is 0 Å². The number of nitrogens with zero attached hydrogens (tertiary/aromatic N) is 4. The van der Waals surface area contributed by atoms with Gasteiger partial charge in [-0.2, -0.15) is 14.0 Å². The summed E-state index contributed by atoms with van der Waals surface area (Å²) in [5.74, 6) is -3.40. The van der Waals surface area contributed by atoms with Crippen molar-refractivity contribution in [3.63, 3.8) is 0 Å². The number of amides is 2. The first-order valence-electron chi connectivity index (χ1n) is 12.8. The minimum atomic E-state index is -3.11. The van der Waals surface area contributed by atoms with E-state index in [1.54, 1.807) is 0 Å². The van der Waals surface area contributed by atoms with E-state index in [0.29, 0.717) is 6.07 Å². The summed E-state index contributed by atoms with van der Waals surface area (Å²) in [5.41, 5.74) is 4.73. The van der Waals surface area contributed by atoms with Crippen molar-refractivity contribution in [3.8, 4) is 23.0 Å². The summed E-state index contributed by atoms with van der Waals surface area (Å²) in [7, 11) is 0.